The summed E-state index contributed by atoms with van der Waals surface area (Å²) in [5.74, 6) is -0.721. The van der Waals surface area contributed by atoms with Crippen LogP contribution >= 0.6 is 15.9 Å². The van der Waals surface area contributed by atoms with Crippen LogP contribution in [0.5, 0.6) is 5.75 Å². The van der Waals surface area contributed by atoms with Gasteiger partial charge in [0.2, 0.25) is 5.91 Å². The van der Waals surface area contributed by atoms with Gasteiger partial charge < -0.3 is 10.1 Å². The highest BCUT2D eigenvalue weighted by atomic mass is 79.9. The van der Waals surface area contributed by atoms with Crippen LogP contribution < -0.4 is 10.1 Å². The largest absolute Gasteiger partial charge is 0.493 e. The zero-order chi connectivity index (χ0) is 16.7. The second-order valence-electron chi connectivity index (χ2n) is 4.93. The second kappa shape index (κ2) is 8.62. The van der Waals surface area contributed by atoms with Gasteiger partial charge in [-0.15, -0.1) is 0 Å². The molecule has 3 nitrogen and oxygen atoms in total. The summed E-state index contributed by atoms with van der Waals surface area (Å²) in [4.78, 5) is 11.7. The van der Waals surface area contributed by atoms with Crippen molar-refractivity contribution in [2.45, 2.75) is 12.8 Å². The van der Waals surface area contributed by atoms with Gasteiger partial charge in [-0.25, -0.2) is 8.78 Å². The second-order valence-corrected chi connectivity index (χ2v) is 5.85. The van der Waals surface area contributed by atoms with Crippen LogP contribution in [0.1, 0.15) is 12.0 Å². The standard InChI is InChI=1S/C17H16BrF2NO2/c18-13-2-1-3-16(10-13)23-7-5-17(22)21-6-4-12-8-14(19)11-15(20)9-12/h1-3,8-11H,4-7H2,(H,21,22). The van der Waals surface area contributed by atoms with E-state index in [1.54, 1.807) is 6.07 Å². The van der Waals surface area contributed by atoms with Gasteiger partial charge in [0.05, 0.1) is 13.0 Å². The average molecular weight is 384 g/mol. The molecule has 0 aliphatic rings. The number of ether oxygens (including phenoxy) is 1. The zero-order valence-corrected chi connectivity index (χ0v) is 13.9. The monoisotopic (exact) mass is 383 g/mol. The van der Waals surface area contributed by atoms with Crippen molar-refractivity contribution >= 4 is 21.8 Å². The van der Waals surface area contributed by atoms with Crippen molar-refractivity contribution in [2.75, 3.05) is 13.2 Å². The van der Waals surface area contributed by atoms with Crippen molar-refractivity contribution in [3.8, 4) is 5.75 Å². The molecule has 0 saturated heterocycles. The number of benzene rings is 2. The molecule has 2 aromatic carbocycles. The van der Waals surface area contributed by atoms with Crippen LogP contribution in [0, 0.1) is 11.6 Å². The van der Waals surface area contributed by atoms with Crippen molar-refractivity contribution in [3.05, 3.63) is 64.1 Å². The molecule has 0 bridgehead atoms. The lowest BCUT2D eigenvalue weighted by Crippen LogP contribution is -2.27. The smallest absolute Gasteiger partial charge is 0.223 e. The van der Waals surface area contributed by atoms with Crippen LogP contribution in [-0.2, 0) is 11.2 Å². The predicted molar refractivity (Wildman–Crippen MR) is 87.3 cm³/mol. The molecule has 0 unspecified atom stereocenters. The Morgan fingerprint density at radius 2 is 1.87 bits per heavy atom. The molecule has 0 radical (unpaired) electrons. The lowest BCUT2D eigenvalue weighted by molar-refractivity contribution is -0.121. The fourth-order valence-corrected chi connectivity index (χ4v) is 2.39. The maximum Gasteiger partial charge on any atom is 0.223 e. The zero-order valence-electron chi connectivity index (χ0n) is 12.3. The summed E-state index contributed by atoms with van der Waals surface area (Å²) < 4.78 is 32.4. The maximum absolute atomic E-state index is 13.0. The lowest BCUT2D eigenvalue weighted by atomic mass is 10.1. The number of halogens is 3. The summed E-state index contributed by atoms with van der Waals surface area (Å²) in [6.07, 6.45) is 0.580. The van der Waals surface area contributed by atoms with Gasteiger partial charge in [-0.3, -0.25) is 4.79 Å². The van der Waals surface area contributed by atoms with Gasteiger partial charge in [0.15, 0.2) is 0 Å². The Morgan fingerprint density at radius 1 is 1.13 bits per heavy atom. The Kier molecular flexibility index (Phi) is 6.52. The average Bonchev–Trinajstić information content (AvgIpc) is 2.46. The number of hydrogen-bond acceptors (Lipinski definition) is 2. The van der Waals surface area contributed by atoms with E-state index in [2.05, 4.69) is 21.2 Å². The molecule has 0 aromatic heterocycles. The van der Waals surface area contributed by atoms with Gasteiger partial charge in [-0.1, -0.05) is 22.0 Å². The summed E-state index contributed by atoms with van der Waals surface area (Å²) in [5, 5.41) is 2.69. The van der Waals surface area contributed by atoms with E-state index in [0.717, 1.165) is 10.5 Å². The minimum atomic E-state index is -0.617. The summed E-state index contributed by atoms with van der Waals surface area (Å²) in [6, 6.07) is 10.7. The van der Waals surface area contributed by atoms with Crippen molar-refractivity contribution < 1.29 is 18.3 Å². The molecule has 0 aliphatic heterocycles. The molecule has 1 N–H and O–H groups in total. The number of carbonyl (C=O) groups is 1. The van der Waals surface area contributed by atoms with Crippen LogP contribution in [0.15, 0.2) is 46.9 Å². The number of carbonyl (C=O) groups excluding carboxylic acids is 1. The minimum absolute atomic E-state index is 0.170. The molecular weight excluding hydrogens is 368 g/mol. The van der Waals surface area contributed by atoms with Crippen molar-refractivity contribution in [3.63, 3.8) is 0 Å². The molecule has 0 spiro atoms. The van der Waals surface area contributed by atoms with Gasteiger partial charge in [0.25, 0.3) is 0 Å². The molecule has 2 rings (SSSR count). The quantitative estimate of drug-likeness (QED) is 0.788. The molecule has 0 atom stereocenters. The van der Waals surface area contributed by atoms with Crippen LogP contribution in [-0.4, -0.2) is 19.1 Å². The van der Waals surface area contributed by atoms with E-state index in [9.17, 15) is 13.6 Å². The summed E-state index contributed by atoms with van der Waals surface area (Å²) in [5.41, 5.74) is 0.508. The molecule has 2 aromatic rings. The lowest BCUT2D eigenvalue weighted by Gasteiger charge is -2.08. The van der Waals surface area contributed by atoms with Crippen molar-refractivity contribution in [2.24, 2.45) is 0 Å². The Labute approximate surface area is 141 Å². The molecule has 23 heavy (non-hydrogen) atoms. The maximum atomic E-state index is 13.0. The van der Waals surface area contributed by atoms with E-state index in [4.69, 9.17) is 4.74 Å². The highest BCUT2D eigenvalue weighted by molar-refractivity contribution is 9.10. The third-order valence-corrected chi connectivity index (χ3v) is 3.55. The first-order valence-electron chi connectivity index (χ1n) is 7.13. The van der Waals surface area contributed by atoms with Crippen LogP contribution in [0.25, 0.3) is 0 Å². The van der Waals surface area contributed by atoms with E-state index < -0.39 is 11.6 Å². The summed E-state index contributed by atoms with van der Waals surface area (Å²) >= 11 is 3.34. The number of amides is 1. The normalized spacial score (nSPS) is 10.4. The first-order valence-corrected chi connectivity index (χ1v) is 7.92. The molecule has 0 saturated carbocycles. The third kappa shape index (κ3) is 6.36. The molecule has 0 fully saturated rings. The highest BCUT2D eigenvalue weighted by Crippen LogP contribution is 2.17. The van der Waals surface area contributed by atoms with E-state index >= 15 is 0 Å². The Morgan fingerprint density at radius 3 is 2.57 bits per heavy atom. The fraction of sp³-hybridized carbons (Fsp3) is 0.235. The number of rotatable bonds is 7. The van der Waals surface area contributed by atoms with Gasteiger partial charge in [-0.2, -0.15) is 0 Å². The first-order chi connectivity index (χ1) is 11.0. The Bertz CT molecular complexity index is 659. The predicted octanol–water partition coefficient (Wildman–Crippen LogP) is 3.86. The van der Waals surface area contributed by atoms with Crippen molar-refractivity contribution in [1.82, 2.24) is 5.32 Å². The SMILES string of the molecule is O=C(CCOc1cccc(Br)c1)NCCc1cc(F)cc(F)c1. The van der Waals surface area contributed by atoms with Crippen molar-refractivity contribution in [1.29, 1.82) is 0 Å². The van der Waals surface area contributed by atoms with E-state index in [-0.39, 0.29) is 18.9 Å². The van der Waals surface area contributed by atoms with E-state index in [0.29, 0.717) is 24.3 Å². The molecule has 0 aliphatic carbocycles. The number of hydrogen-bond donors (Lipinski definition) is 1. The molecule has 0 heterocycles. The molecule has 6 heteroatoms. The number of nitrogens with one attached hydrogen (secondary N) is 1. The van der Waals surface area contributed by atoms with E-state index in [1.165, 1.54) is 12.1 Å². The fourth-order valence-electron chi connectivity index (χ4n) is 2.01. The topological polar surface area (TPSA) is 38.3 Å². The summed E-state index contributed by atoms with van der Waals surface area (Å²) in [6.45, 7) is 0.579. The van der Waals surface area contributed by atoms with Crippen LogP contribution in [0.2, 0.25) is 0 Å². The van der Waals surface area contributed by atoms with Crippen LogP contribution in [0.3, 0.4) is 0 Å². The molecule has 1 amide bonds. The minimum Gasteiger partial charge on any atom is -0.493 e. The molecular formula is C17H16BrF2NO2. The van der Waals surface area contributed by atoms with Crippen LogP contribution in [0.4, 0.5) is 8.78 Å². The van der Waals surface area contributed by atoms with Gasteiger partial charge in [0, 0.05) is 17.1 Å². The van der Waals surface area contributed by atoms with Gasteiger partial charge in [-0.05, 0) is 42.3 Å². The molecule has 122 valence electrons. The van der Waals surface area contributed by atoms with Gasteiger partial charge >= 0.3 is 0 Å². The Hall–Kier alpha value is -1.95. The summed E-state index contributed by atoms with van der Waals surface area (Å²) in [7, 11) is 0. The Balaban J connectivity index is 1.67. The first kappa shape index (κ1) is 17.4. The van der Waals surface area contributed by atoms with E-state index in [1.807, 2.05) is 18.2 Å². The van der Waals surface area contributed by atoms with Gasteiger partial charge in [0.1, 0.15) is 17.4 Å². The highest BCUT2D eigenvalue weighted by Gasteiger charge is 2.04. The third-order valence-electron chi connectivity index (χ3n) is 3.05.